The number of H-pyrrole nitrogens is 1. The Balaban J connectivity index is 1.42. The van der Waals surface area contributed by atoms with Crippen LogP contribution in [0, 0.1) is 0 Å². The molecule has 140 valence electrons. The summed E-state index contributed by atoms with van der Waals surface area (Å²) in [5.74, 6) is -1.45. The molecule has 0 atom stereocenters. The SMILES string of the molecule is O=C(ON1C(=O)c2ccccc2C1=O)c1ccc2nc(-c3ccccc3)[nH]c2c1. The fraction of sp³-hybridized carbons (Fsp3) is 0. The Bertz CT molecular complexity index is 1260. The molecule has 0 aliphatic carbocycles. The van der Waals surface area contributed by atoms with Gasteiger partial charge in [-0.2, -0.15) is 0 Å². The molecule has 1 aliphatic heterocycles. The number of hydrogen-bond donors (Lipinski definition) is 1. The van der Waals surface area contributed by atoms with Crippen LogP contribution in [0.15, 0.2) is 72.8 Å². The molecule has 1 aliphatic rings. The van der Waals surface area contributed by atoms with Gasteiger partial charge < -0.3 is 9.82 Å². The van der Waals surface area contributed by atoms with Crippen molar-refractivity contribution in [2.45, 2.75) is 0 Å². The van der Waals surface area contributed by atoms with Crippen molar-refractivity contribution in [2.24, 2.45) is 0 Å². The normalized spacial score (nSPS) is 13.0. The third-order valence-corrected chi connectivity index (χ3v) is 4.70. The number of benzene rings is 3. The Morgan fingerprint density at radius 3 is 2.21 bits per heavy atom. The summed E-state index contributed by atoms with van der Waals surface area (Å²) in [6.07, 6.45) is 0. The van der Waals surface area contributed by atoms with Gasteiger partial charge in [0, 0.05) is 5.56 Å². The van der Waals surface area contributed by atoms with Crippen molar-refractivity contribution in [1.82, 2.24) is 15.0 Å². The fourth-order valence-corrected chi connectivity index (χ4v) is 3.25. The number of carbonyl (C=O) groups excluding carboxylic acids is 3. The molecule has 7 heteroatoms. The molecular weight excluding hydrogens is 370 g/mol. The number of nitrogens with one attached hydrogen (secondary N) is 1. The van der Waals surface area contributed by atoms with Crippen molar-refractivity contribution in [1.29, 1.82) is 0 Å². The molecule has 4 aromatic rings. The van der Waals surface area contributed by atoms with Gasteiger partial charge in [-0.1, -0.05) is 47.5 Å². The number of amides is 2. The number of fused-ring (bicyclic) bond motifs is 2. The van der Waals surface area contributed by atoms with Crippen molar-refractivity contribution >= 4 is 28.8 Å². The second kappa shape index (κ2) is 6.42. The molecule has 2 heterocycles. The molecule has 1 aromatic heterocycles. The summed E-state index contributed by atoms with van der Waals surface area (Å²) >= 11 is 0. The number of imidazole rings is 1. The zero-order chi connectivity index (χ0) is 20.0. The van der Waals surface area contributed by atoms with Crippen molar-refractivity contribution in [3.05, 3.63) is 89.5 Å². The molecule has 0 spiro atoms. The summed E-state index contributed by atoms with van der Waals surface area (Å²) in [7, 11) is 0. The van der Waals surface area contributed by atoms with Gasteiger partial charge in [0.15, 0.2) is 0 Å². The van der Waals surface area contributed by atoms with E-state index in [0.717, 1.165) is 5.56 Å². The van der Waals surface area contributed by atoms with E-state index in [1.807, 2.05) is 30.3 Å². The van der Waals surface area contributed by atoms with E-state index >= 15 is 0 Å². The molecule has 1 N–H and O–H groups in total. The highest BCUT2D eigenvalue weighted by Crippen LogP contribution is 2.25. The number of hydrogen-bond acceptors (Lipinski definition) is 5. The van der Waals surface area contributed by atoms with Crippen LogP contribution in [-0.4, -0.2) is 32.8 Å². The maximum atomic E-state index is 12.6. The zero-order valence-corrected chi connectivity index (χ0v) is 15.0. The van der Waals surface area contributed by atoms with Gasteiger partial charge in [0.1, 0.15) is 5.82 Å². The number of nitrogens with zero attached hydrogens (tertiary/aromatic N) is 2. The lowest BCUT2D eigenvalue weighted by molar-refractivity contribution is -0.0584. The van der Waals surface area contributed by atoms with Crippen molar-refractivity contribution in [3.8, 4) is 11.4 Å². The lowest BCUT2D eigenvalue weighted by Gasteiger charge is -2.12. The van der Waals surface area contributed by atoms with Crippen molar-refractivity contribution in [2.75, 3.05) is 0 Å². The van der Waals surface area contributed by atoms with Crippen LogP contribution in [0.25, 0.3) is 22.4 Å². The van der Waals surface area contributed by atoms with Crippen LogP contribution >= 0.6 is 0 Å². The van der Waals surface area contributed by atoms with E-state index < -0.39 is 17.8 Å². The summed E-state index contributed by atoms with van der Waals surface area (Å²) in [4.78, 5) is 50.1. The summed E-state index contributed by atoms with van der Waals surface area (Å²) in [6.45, 7) is 0. The molecule has 2 amide bonds. The van der Waals surface area contributed by atoms with Crippen LogP contribution < -0.4 is 0 Å². The second-order valence-corrected chi connectivity index (χ2v) is 6.51. The zero-order valence-electron chi connectivity index (χ0n) is 15.0. The van der Waals surface area contributed by atoms with Gasteiger partial charge in [-0.15, -0.1) is 0 Å². The smallest absolute Gasteiger partial charge is 0.338 e. The highest BCUT2D eigenvalue weighted by molar-refractivity contribution is 6.21. The van der Waals surface area contributed by atoms with Crippen LogP contribution in [0.5, 0.6) is 0 Å². The van der Waals surface area contributed by atoms with Gasteiger partial charge >= 0.3 is 5.97 Å². The quantitative estimate of drug-likeness (QED) is 0.546. The highest BCUT2D eigenvalue weighted by atomic mass is 16.7. The molecule has 0 radical (unpaired) electrons. The minimum Gasteiger partial charge on any atom is -0.338 e. The lowest BCUT2D eigenvalue weighted by Crippen LogP contribution is -2.32. The molecule has 0 saturated heterocycles. The minimum absolute atomic E-state index is 0.192. The number of rotatable bonds is 3. The van der Waals surface area contributed by atoms with E-state index in [0.29, 0.717) is 21.9 Å². The predicted octanol–water partition coefficient (Wildman–Crippen LogP) is 3.60. The largest absolute Gasteiger partial charge is 0.364 e. The van der Waals surface area contributed by atoms with Gasteiger partial charge in [-0.05, 0) is 30.3 Å². The van der Waals surface area contributed by atoms with E-state index in [-0.39, 0.29) is 16.7 Å². The third-order valence-electron chi connectivity index (χ3n) is 4.70. The first-order chi connectivity index (χ1) is 14.1. The molecule has 0 unspecified atom stereocenters. The van der Waals surface area contributed by atoms with E-state index in [4.69, 9.17) is 4.84 Å². The van der Waals surface area contributed by atoms with Gasteiger partial charge in [0.25, 0.3) is 11.8 Å². The number of imide groups is 1. The Morgan fingerprint density at radius 1 is 0.862 bits per heavy atom. The summed E-state index contributed by atoms with van der Waals surface area (Å²) in [5.41, 5.74) is 2.85. The number of hydroxylamine groups is 2. The monoisotopic (exact) mass is 383 g/mol. The average Bonchev–Trinajstić information content (AvgIpc) is 3.29. The highest BCUT2D eigenvalue weighted by Gasteiger charge is 2.38. The van der Waals surface area contributed by atoms with E-state index in [1.54, 1.807) is 30.3 Å². The number of aromatic nitrogens is 2. The van der Waals surface area contributed by atoms with Crippen LogP contribution in [-0.2, 0) is 4.84 Å². The molecule has 29 heavy (non-hydrogen) atoms. The van der Waals surface area contributed by atoms with Crippen LogP contribution in [0.3, 0.4) is 0 Å². The first-order valence-electron chi connectivity index (χ1n) is 8.87. The van der Waals surface area contributed by atoms with Crippen LogP contribution in [0.2, 0.25) is 0 Å². The predicted molar refractivity (Wildman–Crippen MR) is 104 cm³/mol. The Kier molecular flexibility index (Phi) is 3.74. The Labute approximate surface area is 164 Å². The Hall–Kier alpha value is -4.26. The molecule has 0 bridgehead atoms. The first kappa shape index (κ1) is 16.9. The van der Waals surface area contributed by atoms with Crippen LogP contribution in [0.4, 0.5) is 0 Å². The number of carbonyl (C=O) groups is 3. The molecule has 0 saturated carbocycles. The maximum Gasteiger partial charge on any atom is 0.364 e. The Morgan fingerprint density at radius 2 is 1.52 bits per heavy atom. The molecule has 7 nitrogen and oxygen atoms in total. The molecule has 3 aromatic carbocycles. The minimum atomic E-state index is -0.808. The van der Waals surface area contributed by atoms with E-state index in [9.17, 15) is 14.4 Å². The lowest BCUT2D eigenvalue weighted by atomic mass is 10.1. The van der Waals surface area contributed by atoms with E-state index in [2.05, 4.69) is 9.97 Å². The summed E-state index contributed by atoms with van der Waals surface area (Å²) < 4.78 is 0. The number of aromatic amines is 1. The molecule has 0 fully saturated rings. The second-order valence-electron chi connectivity index (χ2n) is 6.51. The van der Waals surface area contributed by atoms with Crippen molar-refractivity contribution in [3.63, 3.8) is 0 Å². The average molecular weight is 383 g/mol. The van der Waals surface area contributed by atoms with Gasteiger partial charge in [0.05, 0.1) is 27.7 Å². The summed E-state index contributed by atoms with van der Waals surface area (Å²) in [5, 5.41) is 0.500. The third kappa shape index (κ3) is 2.76. The molecular formula is C22H13N3O4. The first-order valence-corrected chi connectivity index (χ1v) is 8.87. The fourth-order valence-electron chi connectivity index (χ4n) is 3.25. The maximum absolute atomic E-state index is 12.6. The molecule has 5 rings (SSSR count). The van der Waals surface area contributed by atoms with Crippen LogP contribution in [0.1, 0.15) is 31.1 Å². The van der Waals surface area contributed by atoms with Gasteiger partial charge in [-0.3, -0.25) is 9.59 Å². The van der Waals surface area contributed by atoms with Gasteiger partial charge in [-0.25, -0.2) is 9.78 Å². The van der Waals surface area contributed by atoms with Crippen molar-refractivity contribution < 1.29 is 19.2 Å². The topological polar surface area (TPSA) is 92.4 Å². The summed E-state index contributed by atoms with van der Waals surface area (Å²) in [6, 6.07) is 20.7. The standard InChI is InChI=1S/C22H13N3O4/c26-20-15-8-4-5-9-16(15)21(27)25(20)29-22(28)14-10-11-17-18(12-14)24-19(23-17)13-6-2-1-3-7-13/h1-12H,(H,23,24). The van der Waals surface area contributed by atoms with E-state index in [1.165, 1.54) is 12.1 Å². The van der Waals surface area contributed by atoms with Gasteiger partial charge in [0.2, 0.25) is 0 Å².